The van der Waals surface area contributed by atoms with Crippen molar-refractivity contribution in [3.05, 3.63) is 45.2 Å². The van der Waals surface area contributed by atoms with Gasteiger partial charge in [0, 0.05) is 5.02 Å². The van der Waals surface area contributed by atoms with Crippen molar-refractivity contribution in [1.29, 1.82) is 0 Å². The Kier molecular flexibility index (Phi) is 4.17. The summed E-state index contributed by atoms with van der Waals surface area (Å²) in [5, 5.41) is 8.96. The Bertz CT molecular complexity index is 890. The minimum absolute atomic E-state index is 0.191. The lowest BCUT2D eigenvalue weighted by molar-refractivity contribution is 0.404. The highest BCUT2D eigenvalue weighted by atomic mass is 35.5. The number of halogens is 1. The van der Waals surface area contributed by atoms with E-state index in [1.54, 1.807) is 29.7 Å². The van der Waals surface area contributed by atoms with Gasteiger partial charge in [-0.25, -0.2) is 4.98 Å². The summed E-state index contributed by atoms with van der Waals surface area (Å²) < 4.78 is 7.08. The minimum Gasteiger partial charge on any atom is -0.414 e. The second kappa shape index (κ2) is 6.10. The molecule has 0 saturated heterocycles. The molecule has 0 atom stereocenters. The van der Waals surface area contributed by atoms with Gasteiger partial charge in [0.1, 0.15) is 12.2 Å². The summed E-state index contributed by atoms with van der Waals surface area (Å²) in [4.78, 5) is 16.7. The first-order chi connectivity index (χ1) is 10.6. The molecule has 0 fully saturated rings. The predicted molar refractivity (Wildman–Crippen MR) is 85.5 cm³/mol. The van der Waals surface area contributed by atoms with Crippen LogP contribution in [0.1, 0.15) is 18.5 Å². The van der Waals surface area contributed by atoms with Crippen LogP contribution in [0.5, 0.6) is 0 Å². The van der Waals surface area contributed by atoms with E-state index in [1.807, 2.05) is 6.92 Å². The summed E-state index contributed by atoms with van der Waals surface area (Å²) in [5.74, 6) is 1.22. The van der Waals surface area contributed by atoms with E-state index < -0.39 is 0 Å². The van der Waals surface area contributed by atoms with E-state index in [0.717, 1.165) is 5.75 Å². The summed E-state index contributed by atoms with van der Waals surface area (Å²) >= 11 is 7.49. The van der Waals surface area contributed by atoms with Crippen LogP contribution in [0.15, 0.2) is 32.6 Å². The molecule has 0 saturated carbocycles. The van der Waals surface area contributed by atoms with Gasteiger partial charge in [0.15, 0.2) is 0 Å². The standard InChI is InChI=1S/C14H13ClN4O2S/c1-3-22-14-18-17-12(21-14)7-19-11-6-9(15)4-5-10(11)16-8(2)13(19)20/h4-6H,3,7H2,1-2H3. The fourth-order valence-corrected chi connectivity index (χ4v) is 2.78. The number of aryl methyl sites for hydroxylation is 1. The zero-order valence-electron chi connectivity index (χ0n) is 12.0. The molecule has 3 rings (SSSR count). The van der Waals surface area contributed by atoms with Crippen molar-refractivity contribution in [2.45, 2.75) is 25.6 Å². The largest absolute Gasteiger partial charge is 0.414 e. The average Bonchev–Trinajstić information content (AvgIpc) is 2.92. The number of fused-ring (bicyclic) bond motifs is 1. The van der Waals surface area contributed by atoms with Gasteiger partial charge in [-0.15, -0.1) is 10.2 Å². The van der Waals surface area contributed by atoms with Crippen LogP contribution in [-0.2, 0) is 6.54 Å². The van der Waals surface area contributed by atoms with Crippen LogP contribution >= 0.6 is 23.4 Å². The normalized spacial score (nSPS) is 11.2. The fraction of sp³-hybridized carbons (Fsp3) is 0.286. The molecule has 0 radical (unpaired) electrons. The molecule has 0 aliphatic heterocycles. The Labute approximate surface area is 135 Å². The third kappa shape index (κ3) is 2.86. The molecule has 2 heterocycles. The number of nitrogens with zero attached hydrogens (tertiary/aromatic N) is 4. The number of benzene rings is 1. The molecule has 0 bridgehead atoms. The quantitative estimate of drug-likeness (QED) is 0.682. The zero-order valence-corrected chi connectivity index (χ0v) is 13.6. The van der Waals surface area contributed by atoms with Crippen LogP contribution in [0.25, 0.3) is 11.0 Å². The van der Waals surface area contributed by atoms with E-state index in [4.69, 9.17) is 16.0 Å². The van der Waals surface area contributed by atoms with Crippen LogP contribution in [0, 0.1) is 6.92 Å². The lowest BCUT2D eigenvalue weighted by Crippen LogP contribution is -2.24. The topological polar surface area (TPSA) is 73.8 Å². The van der Waals surface area contributed by atoms with Crippen LogP contribution in [0.2, 0.25) is 5.02 Å². The van der Waals surface area contributed by atoms with Gasteiger partial charge in [0.25, 0.3) is 10.8 Å². The molecule has 6 nitrogen and oxygen atoms in total. The average molecular weight is 337 g/mol. The van der Waals surface area contributed by atoms with E-state index in [1.165, 1.54) is 11.8 Å². The van der Waals surface area contributed by atoms with Crippen LogP contribution in [0.4, 0.5) is 0 Å². The van der Waals surface area contributed by atoms with Gasteiger partial charge in [-0.05, 0) is 30.9 Å². The number of hydrogen-bond acceptors (Lipinski definition) is 6. The Morgan fingerprint density at radius 2 is 2.18 bits per heavy atom. The number of rotatable bonds is 4. The van der Waals surface area contributed by atoms with Crippen molar-refractivity contribution in [2.24, 2.45) is 0 Å². The van der Waals surface area contributed by atoms with Gasteiger partial charge in [0.2, 0.25) is 5.89 Å². The van der Waals surface area contributed by atoms with E-state index in [0.29, 0.717) is 32.9 Å². The van der Waals surface area contributed by atoms with Crippen molar-refractivity contribution in [3.8, 4) is 0 Å². The van der Waals surface area contributed by atoms with E-state index >= 15 is 0 Å². The maximum absolute atomic E-state index is 12.4. The number of aromatic nitrogens is 4. The monoisotopic (exact) mass is 336 g/mol. The molecule has 2 aromatic heterocycles. The van der Waals surface area contributed by atoms with Crippen molar-refractivity contribution in [1.82, 2.24) is 19.7 Å². The molecule has 0 spiro atoms. The van der Waals surface area contributed by atoms with Gasteiger partial charge in [-0.2, -0.15) is 0 Å². The number of hydrogen-bond donors (Lipinski definition) is 0. The minimum atomic E-state index is -0.197. The molecule has 8 heteroatoms. The molecular formula is C14H13ClN4O2S. The first kappa shape index (κ1) is 15.1. The van der Waals surface area contributed by atoms with Crippen LogP contribution < -0.4 is 5.56 Å². The highest BCUT2D eigenvalue weighted by Crippen LogP contribution is 2.19. The fourth-order valence-electron chi connectivity index (χ4n) is 2.12. The third-order valence-corrected chi connectivity index (χ3v) is 4.02. The summed E-state index contributed by atoms with van der Waals surface area (Å²) in [5.41, 5.74) is 1.56. The van der Waals surface area contributed by atoms with E-state index in [9.17, 15) is 4.79 Å². The predicted octanol–water partition coefficient (Wildman–Crippen LogP) is 2.90. The molecule has 22 heavy (non-hydrogen) atoms. The summed E-state index contributed by atoms with van der Waals surface area (Å²) in [6.07, 6.45) is 0. The Balaban J connectivity index is 2.10. The van der Waals surface area contributed by atoms with E-state index in [2.05, 4.69) is 15.2 Å². The Morgan fingerprint density at radius 1 is 1.36 bits per heavy atom. The number of thioether (sulfide) groups is 1. The van der Waals surface area contributed by atoms with E-state index in [-0.39, 0.29) is 12.1 Å². The highest BCUT2D eigenvalue weighted by molar-refractivity contribution is 7.99. The highest BCUT2D eigenvalue weighted by Gasteiger charge is 2.13. The van der Waals surface area contributed by atoms with Gasteiger partial charge < -0.3 is 4.42 Å². The smallest absolute Gasteiger partial charge is 0.276 e. The first-order valence-electron chi connectivity index (χ1n) is 6.70. The molecule has 3 aromatic rings. The summed E-state index contributed by atoms with van der Waals surface area (Å²) in [6, 6.07) is 5.24. The maximum Gasteiger partial charge on any atom is 0.276 e. The second-order valence-corrected chi connectivity index (χ2v) is 6.27. The summed E-state index contributed by atoms with van der Waals surface area (Å²) in [6.45, 7) is 3.87. The van der Waals surface area contributed by atoms with Crippen LogP contribution in [0.3, 0.4) is 0 Å². The lowest BCUT2D eigenvalue weighted by Gasteiger charge is -2.09. The summed E-state index contributed by atoms with van der Waals surface area (Å²) in [7, 11) is 0. The maximum atomic E-state index is 12.4. The molecule has 0 aliphatic carbocycles. The van der Waals surface area contributed by atoms with Gasteiger partial charge >= 0.3 is 0 Å². The van der Waals surface area contributed by atoms with Crippen LogP contribution in [-0.4, -0.2) is 25.5 Å². The van der Waals surface area contributed by atoms with Crippen molar-refractivity contribution in [2.75, 3.05) is 5.75 Å². The SMILES string of the molecule is CCSc1nnc(Cn2c(=O)c(C)nc3ccc(Cl)cc32)o1. The molecule has 0 N–H and O–H groups in total. The van der Waals surface area contributed by atoms with Crippen molar-refractivity contribution in [3.63, 3.8) is 0 Å². The first-order valence-corrected chi connectivity index (χ1v) is 8.06. The van der Waals surface area contributed by atoms with Gasteiger partial charge in [-0.3, -0.25) is 9.36 Å². The van der Waals surface area contributed by atoms with Crippen molar-refractivity contribution < 1.29 is 4.42 Å². The molecule has 0 aliphatic rings. The zero-order chi connectivity index (χ0) is 15.7. The lowest BCUT2D eigenvalue weighted by atomic mass is 10.2. The molecule has 114 valence electrons. The van der Waals surface area contributed by atoms with Crippen molar-refractivity contribution >= 4 is 34.4 Å². The van der Waals surface area contributed by atoms with Gasteiger partial charge in [0.05, 0.1) is 11.0 Å². The molecule has 0 amide bonds. The third-order valence-electron chi connectivity index (χ3n) is 3.08. The molecule has 0 unspecified atom stereocenters. The Morgan fingerprint density at radius 3 is 2.95 bits per heavy atom. The second-order valence-electron chi connectivity index (χ2n) is 4.62. The molecule has 1 aromatic carbocycles. The molecular weight excluding hydrogens is 324 g/mol. The Hall–Kier alpha value is -1.86. The van der Waals surface area contributed by atoms with Gasteiger partial charge in [-0.1, -0.05) is 30.3 Å².